The van der Waals surface area contributed by atoms with Gasteiger partial charge in [-0.25, -0.2) is 17.4 Å². The molecule has 6 heteroatoms. The van der Waals surface area contributed by atoms with Crippen LogP contribution in [0.1, 0.15) is 16.8 Å². The molecule has 2 rings (SSSR count). The summed E-state index contributed by atoms with van der Waals surface area (Å²) in [5, 5.41) is 0. The molecule has 1 aromatic heterocycles. The third-order valence-electron chi connectivity index (χ3n) is 3.15. The van der Waals surface area contributed by atoms with Gasteiger partial charge in [0, 0.05) is 6.20 Å². The Kier molecular flexibility index (Phi) is 3.36. The molecule has 0 unspecified atom stereocenters. The Hall–Kier alpha value is -1.82. The van der Waals surface area contributed by atoms with Gasteiger partial charge in [0.05, 0.1) is 17.7 Å². The minimum atomic E-state index is -3.60. The molecule has 0 atom stereocenters. The molecule has 2 aromatic rings. The number of nitrogens with zero attached hydrogens (tertiary/aromatic N) is 2. The first kappa shape index (κ1) is 13.6. The predicted octanol–water partition coefficient (Wildman–Crippen LogP) is 2.05. The zero-order valence-electron chi connectivity index (χ0n) is 11.3. The molecule has 19 heavy (non-hydrogen) atoms. The smallest absolute Gasteiger partial charge is 0.269 e. The van der Waals surface area contributed by atoms with Crippen molar-refractivity contribution in [3.63, 3.8) is 0 Å². The second-order valence-electron chi connectivity index (χ2n) is 4.37. The van der Waals surface area contributed by atoms with Crippen LogP contribution in [0.2, 0.25) is 0 Å². The normalized spacial score (nSPS) is 11.6. The summed E-state index contributed by atoms with van der Waals surface area (Å²) in [6.45, 7) is 5.36. The van der Waals surface area contributed by atoms with Crippen molar-refractivity contribution >= 4 is 10.0 Å². The molecule has 0 fully saturated rings. The van der Waals surface area contributed by atoms with Gasteiger partial charge in [0.1, 0.15) is 12.1 Å². The van der Waals surface area contributed by atoms with E-state index in [1.54, 1.807) is 33.1 Å². The van der Waals surface area contributed by atoms with Gasteiger partial charge in [-0.3, -0.25) is 0 Å². The molecule has 0 amide bonds. The Morgan fingerprint density at radius 3 is 2.37 bits per heavy atom. The molecule has 1 heterocycles. The fourth-order valence-electron chi connectivity index (χ4n) is 1.92. The average molecular weight is 280 g/mol. The molecule has 0 spiro atoms. The van der Waals surface area contributed by atoms with Gasteiger partial charge in [-0.1, -0.05) is 0 Å². The summed E-state index contributed by atoms with van der Waals surface area (Å²) in [5.74, 6) is 0.679. The maximum absolute atomic E-state index is 12.5. The van der Waals surface area contributed by atoms with Crippen LogP contribution in [0.15, 0.2) is 29.6 Å². The highest BCUT2D eigenvalue weighted by Gasteiger charge is 2.21. The van der Waals surface area contributed by atoms with Crippen LogP contribution in [0.4, 0.5) is 0 Å². The molecule has 1 aromatic carbocycles. The van der Waals surface area contributed by atoms with E-state index in [0.29, 0.717) is 17.0 Å². The second-order valence-corrected chi connectivity index (χ2v) is 6.18. The lowest BCUT2D eigenvalue weighted by Gasteiger charge is -2.13. The van der Waals surface area contributed by atoms with Gasteiger partial charge in [0.15, 0.2) is 0 Å². The Labute approximate surface area is 112 Å². The maximum Gasteiger partial charge on any atom is 0.269 e. The standard InChI is InChI=1S/C13H16N2O3S/c1-9-7-15(8-14-9)19(16,17)13-6-5-12(18-4)10(2)11(13)3/h5-8H,1-4H3. The minimum absolute atomic E-state index is 0.267. The van der Waals surface area contributed by atoms with Crippen molar-refractivity contribution < 1.29 is 13.2 Å². The van der Waals surface area contributed by atoms with Crippen molar-refractivity contribution in [1.29, 1.82) is 0 Å². The summed E-state index contributed by atoms with van der Waals surface area (Å²) < 4.78 is 31.3. The van der Waals surface area contributed by atoms with Crippen molar-refractivity contribution in [2.75, 3.05) is 7.11 Å². The highest BCUT2D eigenvalue weighted by Crippen LogP contribution is 2.28. The van der Waals surface area contributed by atoms with Crippen molar-refractivity contribution in [3.05, 3.63) is 41.5 Å². The van der Waals surface area contributed by atoms with E-state index in [1.807, 2.05) is 6.92 Å². The third-order valence-corrected chi connectivity index (χ3v) is 4.91. The van der Waals surface area contributed by atoms with E-state index in [9.17, 15) is 8.42 Å². The number of aryl methyl sites for hydroxylation is 1. The van der Waals surface area contributed by atoms with Crippen molar-refractivity contribution in [2.45, 2.75) is 25.7 Å². The fraction of sp³-hybridized carbons (Fsp3) is 0.308. The van der Waals surface area contributed by atoms with Crippen molar-refractivity contribution in [2.24, 2.45) is 0 Å². The lowest BCUT2D eigenvalue weighted by Crippen LogP contribution is -2.13. The number of hydrogen-bond acceptors (Lipinski definition) is 4. The summed E-state index contributed by atoms with van der Waals surface area (Å²) in [6.07, 6.45) is 2.80. The van der Waals surface area contributed by atoms with Crippen molar-refractivity contribution in [3.8, 4) is 5.75 Å². The van der Waals surface area contributed by atoms with E-state index in [1.165, 1.54) is 12.5 Å². The summed E-state index contributed by atoms with van der Waals surface area (Å²) in [5.41, 5.74) is 2.16. The van der Waals surface area contributed by atoms with E-state index < -0.39 is 10.0 Å². The van der Waals surface area contributed by atoms with Crippen LogP contribution in [0.3, 0.4) is 0 Å². The minimum Gasteiger partial charge on any atom is -0.496 e. The predicted molar refractivity (Wildman–Crippen MR) is 72.0 cm³/mol. The van der Waals surface area contributed by atoms with Crippen LogP contribution in [0, 0.1) is 20.8 Å². The van der Waals surface area contributed by atoms with Crippen molar-refractivity contribution in [1.82, 2.24) is 8.96 Å². The summed E-state index contributed by atoms with van der Waals surface area (Å²) in [7, 11) is -2.03. The third kappa shape index (κ3) is 2.23. The molecule has 5 nitrogen and oxygen atoms in total. The molecule has 0 aliphatic heterocycles. The maximum atomic E-state index is 12.5. The zero-order valence-corrected chi connectivity index (χ0v) is 12.2. The van der Waals surface area contributed by atoms with Gasteiger partial charge in [-0.05, 0) is 44.0 Å². The monoisotopic (exact) mass is 280 g/mol. The molecule has 0 aliphatic carbocycles. The number of aromatic nitrogens is 2. The first-order chi connectivity index (χ1) is 8.87. The summed E-state index contributed by atoms with van der Waals surface area (Å²) in [6, 6.07) is 3.23. The quantitative estimate of drug-likeness (QED) is 0.863. The zero-order chi connectivity index (χ0) is 14.2. The Morgan fingerprint density at radius 1 is 1.16 bits per heavy atom. The number of methoxy groups -OCH3 is 1. The van der Waals surface area contributed by atoms with E-state index in [-0.39, 0.29) is 4.90 Å². The molecule has 0 radical (unpaired) electrons. The van der Waals surface area contributed by atoms with Gasteiger partial charge < -0.3 is 4.74 Å². The van der Waals surface area contributed by atoms with E-state index >= 15 is 0 Å². The summed E-state index contributed by atoms with van der Waals surface area (Å²) >= 11 is 0. The highest BCUT2D eigenvalue weighted by atomic mass is 32.2. The number of benzene rings is 1. The van der Waals surface area contributed by atoms with Gasteiger partial charge in [0.25, 0.3) is 10.0 Å². The molecule has 102 valence electrons. The lowest BCUT2D eigenvalue weighted by atomic mass is 10.1. The fourth-order valence-corrected chi connectivity index (χ4v) is 3.39. The van der Waals surface area contributed by atoms with Gasteiger partial charge in [0.2, 0.25) is 0 Å². The topological polar surface area (TPSA) is 61.2 Å². The first-order valence-electron chi connectivity index (χ1n) is 5.78. The van der Waals surface area contributed by atoms with Crippen LogP contribution in [-0.4, -0.2) is 24.5 Å². The van der Waals surface area contributed by atoms with Crippen LogP contribution >= 0.6 is 0 Å². The van der Waals surface area contributed by atoms with Gasteiger partial charge in [-0.15, -0.1) is 0 Å². The molecule has 0 N–H and O–H groups in total. The lowest BCUT2D eigenvalue weighted by molar-refractivity contribution is 0.410. The molecule has 0 saturated carbocycles. The highest BCUT2D eigenvalue weighted by molar-refractivity contribution is 7.90. The van der Waals surface area contributed by atoms with Gasteiger partial charge in [-0.2, -0.15) is 0 Å². The Balaban J connectivity index is 2.62. The number of hydrogen-bond donors (Lipinski definition) is 0. The number of rotatable bonds is 3. The van der Waals surface area contributed by atoms with Crippen LogP contribution in [0.5, 0.6) is 5.75 Å². The molecule has 0 aliphatic rings. The average Bonchev–Trinajstić information content (AvgIpc) is 2.79. The molecule has 0 bridgehead atoms. The molecule has 0 saturated heterocycles. The SMILES string of the molecule is COc1ccc(S(=O)(=O)n2cnc(C)c2)c(C)c1C. The van der Waals surface area contributed by atoms with Crippen LogP contribution in [0.25, 0.3) is 0 Å². The number of imidazole rings is 1. The summed E-state index contributed by atoms with van der Waals surface area (Å²) in [4.78, 5) is 4.22. The van der Waals surface area contributed by atoms with E-state index in [4.69, 9.17) is 4.74 Å². The largest absolute Gasteiger partial charge is 0.496 e. The van der Waals surface area contributed by atoms with Crippen LogP contribution < -0.4 is 4.74 Å². The van der Waals surface area contributed by atoms with E-state index in [2.05, 4.69) is 4.98 Å². The van der Waals surface area contributed by atoms with Gasteiger partial charge >= 0.3 is 0 Å². The Morgan fingerprint density at radius 2 is 1.84 bits per heavy atom. The first-order valence-corrected chi connectivity index (χ1v) is 7.22. The molecular weight excluding hydrogens is 264 g/mol. The second kappa shape index (κ2) is 4.70. The van der Waals surface area contributed by atoms with E-state index in [0.717, 1.165) is 9.54 Å². The number of ether oxygens (including phenoxy) is 1. The van der Waals surface area contributed by atoms with Crippen LogP contribution in [-0.2, 0) is 10.0 Å². The molecular formula is C13H16N2O3S. The Bertz CT molecular complexity index is 717.